The molecule has 0 aliphatic carbocycles. The van der Waals surface area contributed by atoms with E-state index in [1.807, 2.05) is 14.0 Å². The minimum absolute atomic E-state index is 0.0635. The summed E-state index contributed by atoms with van der Waals surface area (Å²) in [5.74, 6) is 0.594. The van der Waals surface area contributed by atoms with Crippen LogP contribution in [0.3, 0.4) is 0 Å². The molecule has 0 aromatic heterocycles. The van der Waals surface area contributed by atoms with Crippen LogP contribution in [0.15, 0.2) is 12.1 Å². The summed E-state index contributed by atoms with van der Waals surface area (Å²) in [5, 5.41) is 3.13. The van der Waals surface area contributed by atoms with Gasteiger partial charge in [0.2, 0.25) is 0 Å². The van der Waals surface area contributed by atoms with E-state index in [0.29, 0.717) is 12.2 Å². The van der Waals surface area contributed by atoms with Crippen molar-refractivity contribution in [3.05, 3.63) is 29.1 Å². The van der Waals surface area contributed by atoms with Crippen LogP contribution in [-0.2, 0) is 0 Å². The molecular weight excluding hydrogens is 255 g/mol. The Hall–Kier alpha value is -1.13. The zero-order valence-corrected chi connectivity index (χ0v) is 13.3. The van der Waals surface area contributed by atoms with E-state index in [4.69, 9.17) is 4.74 Å². The summed E-state index contributed by atoms with van der Waals surface area (Å²) in [6.07, 6.45) is 0. The number of hydrogen-bond donors (Lipinski definition) is 1. The van der Waals surface area contributed by atoms with Crippen molar-refractivity contribution < 1.29 is 9.13 Å². The molecule has 0 heterocycles. The first-order chi connectivity index (χ1) is 9.53. The van der Waals surface area contributed by atoms with Gasteiger partial charge in [-0.05, 0) is 51.7 Å². The van der Waals surface area contributed by atoms with Crippen molar-refractivity contribution in [1.29, 1.82) is 0 Å². The lowest BCUT2D eigenvalue weighted by Crippen LogP contribution is -2.28. The second kappa shape index (κ2) is 8.22. The monoisotopic (exact) mass is 282 g/mol. The number of likely N-dealkylation sites (N-methyl/N-ethyl adjacent to an activating group) is 1. The van der Waals surface area contributed by atoms with Crippen LogP contribution >= 0.6 is 0 Å². The van der Waals surface area contributed by atoms with Gasteiger partial charge in [-0.1, -0.05) is 13.8 Å². The molecule has 3 nitrogen and oxygen atoms in total. The van der Waals surface area contributed by atoms with Gasteiger partial charge in [-0.2, -0.15) is 0 Å². The van der Waals surface area contributed by atoms with E-state index >= 15 is 0 Å². The molecule has 0 radical (unpaired) electrons. The van der Waals surface area contributed by atoms with Crippen molar-refractivity contribution in [2.24, 2.45) is 0 Å². The van der Waals surface area contributed by atoms with Gasteiger partial charge in [0.05, 0.1) is 0 Å². The number of nitrogens with one attached hydrogen (secondary N) is 1. The number of hydrogen-bond acceptors (Lipinski definition) is 3. The average Bonchev–Trinajstić information content (AvgIpc) is 2.46. The van der Waals surface area contributed by atoms with Crippen LogP contribution in [0, 0.1) is 12.7 Å². The van der Waals surface area contributed by atoms with Gasteiger partial charge in [0.1, 0.15) is 18.2 Å². The minimum Gasteiger partial charge on any atom is -0.492 e. The van der Waals surface area contributed by atoms with Gasteiger partial charge in [0.15, 0.2) is 0 Å². The van der Waals surface area contributed by atoms with Crippen molar-refractivity contribution in [3.8, 4) is 5.75 Å². The van der Waals surface area contributed by atoms with Gasteiger partial charge in [0, 0.05) is 18.2 Å². The lowest BCUT2D eigenvalue weighted by molar-refractivity contribution is 0.220. The Bertz CT molecular complexity index is 419. The van der Waals surface area contributed by atoms with Gasteiger partial charge in [-0.3, -0.25) is 0 Å². The quantitative estimate of drug-likeness (QED) is 0.793. The first-order valence-corrected chi connectivity index (χ1v) is 7.35. The van der Waals surface area contributed by atoms with Gasteiger partial charge in [0.25, 0.3) is 0 Å². The smallest absolute Gasteiger partial charge is 0.126 e. The first kappa shape index (κ1) is 16.9. The van der Waals surface area contributed by atoms with Crippen molar-refractivity contribution in [3.63, 3.8) is 0 Å². The van der Waals surface area contributed by atoms with Crippen LogP contribution in [-0.4, -0.2) is 38.2 Å². The predicted molar refractivity (Wildman–Crippen MR) is 81.9 cm³/mol. The molecule has 0 amide bonds. The Morgan fingerprint density at radius 1 is 1.30 bits per heavy atom. The third-order valence-corrected chi connectivity index (χ3v) is 3.75. The van der Waals surface area contributed by atoms with Crippen LogP contribution < -0.4 is 10.1 Å². The van der Waals surface area contributed by atoms with E-state index in [1.165, 1.54) is 0 Å². The molecule has 0 aliphatic heterocycles. The Morgan fingerprint density at radius 2 is 1.95 bits per heavy atom. The summed E-state index contributed by atoms with van der Waals surface area (Å²) < 4.78 is 19.6. The maximum absolute atomic E-state index is 13.7. The lowest BCUT2D eigenvalue weighted by atomic mass is 10.0. The van der Waals surface area contributed by atoms with Gasteiger partial charge >= 0.3 is 0 Å². The molecule has 1 aromatic rings. The molecule has 1 N–H and O–H groups in total. The standard InChI is InChI=1S/C16H27FN2O/c1-6-19(7-2)8-9-20-16-10-12(3)15(17)11-14(16)13(4)18-5/h10-11,13,18H,6-9H2,1-5H3. The summed E-state index contributed by atoms with van der Waals surface area (Å²) >= 11 is 0. The van der Waals surface area contributed by atoms with Gasteiger partial charge < -0.3 is 15.0 Å². The third-order valence-electron chi connectivity index (χ3n) is 3.75. The topological polar surface area (TPSA) is 24.5 Å². The number of benzene rings is 1. The maximum atomic E-state index is 13.7. The van der Waals surface area contributed by atoms with Crippen LogP contribution in [0.25, 0.3) is 0 Å². The first-order valence-electron chi connectivity index (χ1n) is 7.35. The third kappa shape index (κ3) is 4.46. The number of aryl methyl sites for hydroxylation is 1. The molecule has 0 bridgehead atoms. The Morgan fingerprint density at radius 3 is 2.50 bits per heavy atom. The number of halogens is 1. The predicted octanol–water partition coefficient (Wildman–Crippen LogP) is 3.14. The molecule has 0 fully saturated rings. The highest BCUT2D eigenvalue weighted by atomic mass is 19.1. The van der Waals surface area contributed by atoms with Crippen molar-refractivity contribution in [2.75, 3.05) is 33.3 Å². The van der Waals surface area contributed by atoms with Gasteiger partial charge in [-0.25, -0.2) is 4.39 Å². The Balaban J connectivity index is 2.79. The summed E-state index contributed by atoms with van der Waals surface area (Å²) in [6.45, 7) is 11.6. The van der Waals surface area contributed by atoms with Crippen LogP contribution in [0.5, 0.6) is 5.75 Å². The number of ether oxygens (including phenoxy) is 1. The molecule has 1 atom stereocenters. The Kier molecular flexibility index (Phi) is 6.96. The highest BCUT2D eigenvalue weighted by Crippen LogP contribution is 2.28. The highest BCUT2D eigenvalue weighted by molar-refractivity contribution is 5.40. The number of rotatable bonds is 8. The minimum atomic E-state index is -0.182. The molecule has 1 unspecified atom stereocenters. The molecule has 0 saturated heterocycles. The molecular formula is C16H27FN2O. The largest absolute Gasteiger partial charge is 0.492 e. The van der Waals surface area contributed by atoms with Crippen molar-refractivity contribution in [1.82, 2.24) is 10.2 Å². The van der Waals surface area contributed by atoms with E-state index in [0.717, 1.165) is 30.9 Å². The summed E-state index contributed by atoms with van der Waals surface area (Å²) in [6, 6.07) is 3.43. The summed E-state index contributed by atoms with van der Waals surface area (Å²) in [7, 11) is 1.86. The SMILES string of the molecule is CCN(CC)CCOc1cc(C)c(F)cc1C(C)NC. The summed E-state index contributed by atoms with van der Waals surface area (Å²) in [5.41, 5.74) is 1.49. The Labute approximate surface area is 122 Å². The molecule has 1 rings (SSSR count). The second-order valence-corrected chi connectivity index (χ2v) is 5.02. The molecule has 20 heavy (non-hydrogen) atoms. The normalized spacial score (nSPS) is 12.8. The maximum Gasteiger partial charge on any atom is 0.126 e. The average molecular weight is 282 g/mol. The zero-order valence-electron chi connectivity index (χ0n) is 13.3. The fraction of sp³-hybridized carbons (Fsp3) is 0.625. The molecule has 4 heteroatoms. The van der Waals surface area contributed by atoms with E-state index in [-0.39, 0.29) is 11.9 Å². The van der Waals surface area contributed by atoms with E-state index in [2.05, 4.69) is 24.1 Å². The van der Waals surface area contributed by atoms with Gasteiger partial charge in [-0.15, -0.1) is 0 Å². The fourth-order valence-corrected chi connectivity index (χ4v) is 2.11. The van der Waals surface area contributed by atoms with Crippen LogP contribution in [0.4, 0.5) is 4.39 Å². The summed E-state index contributed by atoms with van der Waals surface area (Å²) in [4.78, 5) is 2.30. The van der Waals surface area contributed by atoms with Crippen LogP contribution in [0.2, 0.25) is 0 Å². The molecule has 0 spiro atoms. The van der Waals surface area contributed by atoms with Crippen molar-refractivity contribution >= 4 is 0 Å². The van der Waals surface area contributed by atoms with E-state index < -0.39 is 0 Å². The molecule has 0 aliphatic rings. The lowest BCUT2D eigenvalue weighted by Gasteiger charge is -2.21. The fourth-order valence-electron chi connectivity index (χ4n) is 2.11. The molecule has 114 valence electrons. The second-order valence-electron chi connectivity index (χ2n) is 5.02. The zero-order chi connectivity index (χ0) is 15.1. The molecule has 0 saturated carbocycles. The van der Waals surface area contributed by atoms with Crippen LogP contribution in [0.1, 0.15) is 37.9 Å². The highest BCUT2D eigenvalue weighted by Gasteiger charge is 2.14. The number of nitrogens with zero attached hydrogens (tertiary/aromatic N) is 1. The van der Waals surface area contributed by atoms with Crippen molar-refractivity contribution in [2.45, 2.75) is 33.7 Å². The molecule has 1 aromatic carbocycles. The van der Waals surface area contributed by atoms with E-state index in [9.17, 15) is 4.39 Å². The van der Waals surface area contributed by atoms with E-state index in [1.54, 1.807) is 19.1 Å².